The number of benzene rings is 3. The van der Waals surface area contributed by atoms with Crippen LogP contribution in [0.1, 0.15) is 38.4 Å². The smallest absolute Gasteiger partial charge is 0.251 e. The molecule has 0 saturated heterocycles. The number of anilines is 1. The van der Waals surface area contributed by atoms with Gasteiger partial charge >= 0.3 is 0 Å². The van der Waals surface area contributed by atoms with Crippen molar-refractivity contribution in [1.82, 2.24) is 35.7 Å². The highest BCUT2D eigenvalue weighted by molar-refractivity contribution is 6.30. The molecule has 0 aliphatic carbocycles. The zero-order valence-electron chi connectivity index (χ0n) is 22.4. The van der Waals surface area contributed by atoms with Gasteiger partial charge in [-0.25, -0.2) is 4.68 Å². The Morgan fingerprint density at radius 3 is 2.32 bits per heavy atom. The second-order valence-electron chi connectivity index (χ2n) is 9.16. The molecular formula is C29H27ClN8O3. The van der Waals surface area contributed by atoms with Gasteiger partial charge in [-0.2, -0.15) is 10.3 Å². The quantitative estimate of drug-likeness (QED) is 0.156. The highest BCUT2D eigenvalue weighted by atomic mass is 35.5. The van der Waals surface area contributed by atoms with Crippen LogP contribution in [0.25, 0.3) is 17.1 Å². The second-order valence-corrected chi connectivity index (χ2v) is 9.59. The summed E-state index contributed by atoms with van der Waals surface area (Å²) < 4.78 is 6.77. The van der Waals surface area contributed by atoms with E-state index >= 15 is 0 Å². The number of aromatic amines is 1. The summed E-state index contributed by atoms with van der Waals surface area (Å²) in [5.41, 5.74) is 3.31. The normalized spacial score (nSPS) is 10.8. The average molecular weight is 571 g/mol. The van der Waals surface area contributed by atoms with Crippen molar-refractivity contribution in [3.63, 3.8) is 0 Å². The number of amides is 1. The van der Waals surface area contributed by atoms with Gasteiger partial charge in [-0.05, 0) is 67.1 Å². The van der Waals surface area contributed by atoms with E-state index in [1.165, 1.54) is 0 Å². The molecule has 12 heteroatoms. The summed E-state index contributed by atoms with van der Waals surface area (Å²) in [6.07, 6.45) is 0.584. The number of ketones is 1. The van der Waals surface area contributed by atoms with Crippen molar-refractivity contribution in [3.8, 4) is 22.8 Å². The van der Waals surface area contributed by atoms with Crippen LogP contribution >= 0.6 is 11.6 Å². The van der Waals surface area contributed by atoms with E-state index in [-0.39, 0.29) is 23.2 Å². The van der Waals surface area contributed by atoms with Gasteiger partial charge in [0.2, 0.25) is 11.6 Å². The van der Waals surface area contributed by atoms with Crippen molar-refractivity contribution in [2.24, 2.45) is 0 Å². The minimum Gasteiger partial charge on any atom is -0.497 e. The van der Waals surface area contributed by atoms with Crippen LogP contribution in [0.15, 0.2) is 72.8 Å². The van der Waals surface area contributed by atoms with Crippen molar-refractivity contribution in [2.75, 3.05) is 25.5 Å². The molecule has 0 bridgehead atoms. The topological polar surface area (TPSA) is 140 Å². The Morgan fingerprint density at radius 1 is 0.951 bits per heavy atom. The van der Waals surface area contributed by atoms with Crippen molar-refractivity contribution >= 4 is 29.1 Å². The molecule has 1 amide bonds. The van der Waals surface area contributed by atoms with E-state index in [0.717, 1.165) is 5.56 Å². The summed E-state index contributed by atoms with van der Waals surface area (Å²) in [5, 5.41) is 26.0. The summed E-state index contributed by atoms with van der Waals surface area (Å²) in [7, 11) is 1.58. The molecule has 0 unspecified atom stereocenters. The first-order valence-corrected chi connectivity index (χ1v) is 13.2. The summed E-state index contributed by atoms with van der Waals surface area (Å²) in [4.78, 5) is 26.2. The van der Waals surface area contributed by atoms with Gasteiger partial charge in [-0.15, -0.1) is 10.2 Å². The third kappa shape index (κ3) is 6.25. The number of ether oxygens (including phenoxy) is 1. The number of carbonyl (C=O) groups excluding carboxylic acids is 2. The summed E-state index contributed by atoms with van der Waals surface area (Å²) >= 11 is 6.13. The molecule has 5 aromatic rings. The zero-order chi connectivity index (χ0) is 28.8. The van der Waals surface area contributed by atoms with Crippen LogP contribution in [0.5, 0.6) is 5.75 Å². The van der Waals surface area contributed by atoms with Gasteiger partial charge in [0.05, 0.1) is 18.4 Å². The van der Waals surface area contributed by atoms with Gasteiger partial charge in [-0.3, -0.25) is 9.59 Å². The fourth-order valence-corrected chi connectivity index (χ4v) is 4.30. The molecule has 11 nitrogen and oxygen atoms in total. The first-order valence-electron chi connectivity index (χ1n) is 12.8. The van der Waals surface area contributed by atoms with Crippen LogP contribution in [-0.2, 0) is 0 Å². The maximum absolute atomic E-state index is 13.7. The van der Waals surface area contributed by atoms with E-state index in [4.69, 9.17) is 21.4 Å². The minimum atomic E-state index is -0.285. The molecule has 0 aliphatic heterocycles. The van der Waals surface area contributed by atoms with E-state index in [2.05, 4.69) is 31.3 Å². The Balaban J connectivity index is 1.41. The Morgan fingerprint density at radius 2 is 1.66 bits per heavy atom. The van der Waals surface area contributed by atoms with Crippen LogP contribution in [0.2, 0.25) is 5.02 Å². The minimum absolute atomic E-state index is 0.167. The first kappa shape index (κ1) is 27.5. The number of halogens is 1. The number of aryl methyl sites for hydroxylation is 1. The molecular weight excluding hydrogens is 544 g/mol. The van der Waals surface area contributed by atoms with Crippen molar-refractivity contribution in [1.29, 1.82) is 0 Å². The Kier molecular flexibility index (Phi) is 8.35. The number of methoxy groups -OCH3 is 1. The van der Waals surface area contributed by atoms with Crippen molar-refractivity contribution in [3.05, 3.63) is 100 Å². The van der Waals surface area contributed by atoms with Crippen LogP contribution in [0.4, 0.5) is 5.82 Å². The molecule has 5 rings (SSSR count). The lowest BCUT2D eigenvalue weighted by atomic mass is 10.0. The predicted octanol–water partition coefficient (Wildman–Crippen LogP) is 4.49. The molecule has 3 aromatic carbocycles. The molecule has 0 aliphatic rings. The standard InChI is InChI=1S/C29H27ClN8O3/c1-18-4-6-19(7-5-18)26(39)25-24(27-33-36-37-34-27)28(38(35-25)22-12-10-21(30)11-13-22)31-16-3-17-32-29(40)20-8-14-23(41-2)15-9-20/h4-15,31H,3,16-17H2,1-2H3,(H,32,40)(H,33,34,36,37). The van der Waals surface area contributed by atoms with Gasteiger partial charge in [0.1, 0.15) is 17.3 Å². The van der Waals surface area contributed by atoms with Crippen LogP contribution in [0.3, 0.4) is 0 Å². The molecule has 0 saturated carbocycles. The highest BCUT2D eigenvalue weighted by Crippen LogP contribution is 2.33. The summed E-state index contributed by atoms with van der Waals surface area (Å²) in [6, 6.07) is 21.3. The number of carbonyl (C=O) groups is 2. The van der Waals surface area contributed by atoms with Gasteiger partial charge in [-0.1, -0.05) is 41.4 Å². The first-order chi connectivity index (χ1) is 19.9. The van der Waals surface area contributed by atoms with E-state index in [0.29, 0.717) is 58.5 Å². The van der Waals surface area contributed by atoms with E-state index in [1.807, 2.05) is 19.1 Å². The number of nitrogens with zero attached hydrogens (tertiary/aromatic N) is 5. The van der Waals surface area contributed by atoms with Crippen LogP contribution in [0, 0.1) is 6.92 Å². The fourth-order valence-electron chi connectivity index (χ4n) is 4.17. The van der Waals surface area contributed by atoms with E-state index < -0.39 is 0 Å². The summed E-state index contributed by atoms with van der Waals surface area (Å²) in [5.74, 6) is 0.937. The Labute approximate surface area is 240 Å². The number of hydrogen-bond donors (Lipinski definition) is 3. The summed E-state index contributed by atoms with van der Waals surface area (Å²) in [6.45, 7) is 2.82. The highest BCUT2D eigenvalue weighted by Gasteiger charge is 2.28. The van der Waals surface area contributed by atoms with Crippen molar-refractivity contribution in [2.45, 2.75) is 13.3 Å². The molecule has 0 radical (unpaired) electrons. The van der Waals surface area contributed by atoms with E-state index in [9.17, 15) is 9.59 Å². The lowest BCUT2D eigenvalue weighted by Crippen LogP contribution is -2.26. The number of tetrazole rings is 1. The van der Waals surface area contributed by atoms with Crippen LogP contribution in [-0.4, -0.2) is 62.3 Å². The zero-order valence-corrected chi connectivity index (χ0v) is 23.1. The number of nitrogens with one attached hydrogen (secondary N) is 3. The molecule has 0 fully saturated rings. The largest absolute Gasteiger partial charge is 0.497 e. The fraction of sp³-hybridized carbons (Fsp3) is 0.172. The maximum atomic E-state index is 13.7. The van der Waals surface area contributed by atoms with Gasteiger partial charge in [0, 0.05) is 29.2 Å². The molecule has 0 spiro atoms. The van der Waals surface area contributed by atoms with Crippen molar-refractivity contribution < 1.29 is 14.3 Å². The molecule has 0 atom stereocenters. The SMILES string of the molecule is COc1ccc(C(=O)NCCCNc2c(-c3nn[nH]n3)c(C(=O)c3ccc(C)cc3)nn2-c2ccc(Cl)cc2)cc1. The van der Waals surface area contributed by atoms with E-state index in [1.54, 1.807) is 72.5 Å². The monoisotopic (exact) mass is 570 g/mol. The molecule has 3 N–H and O–H groups in total. The third-order valence-electron chi connectivity index (χ3n) is 6.34. The lowest BCUT2D eigenvalue weighted by Gasteiger charge is -2.12. The van der Waals surface area contributed by atoms with Gasteiger partial charge in [0.15, 0.2) is 0 Å². The molecule has 2 heterocycles. The Bertz CT molecular complexity index is 1630. The second kappa shape index (κ2) is 12.4. The Hall–Kier alpha value is -5.03. The van der Waals surface area contributed by atoms with Gasteiger partial charge < -0.3 is 15.4 Å². The number of aromatic nitrogens is 6. The van der Waals surface area contributed by atoms with Gasteiger partial charge in [0.25, 0.3) is 5.91 Å². The average Bonchev–Trinajstić information content (AvgIpc) is 3.66. The number of rotatable bonds is 11. The lowest BCUT2D eigenvalue weighted by molar-refractivity contribution is 0.0952. The molecule has 208 valence electrons. The maximum Gasteiger partial charge on any atom is 0.251 e. The number of H-pyrrole nitrogens is 1. The number of hydrogen-bond acceptors (Lipinski definition) is 8. The van der Waals surface area contributed by atoms with Crippen LogP contribution < -0.4 is 15.4 Å². The molecule has 41 heavy (non-hydrogen) atoms. The predicted molar refractivity (Wildman–Crippen MR) is 155 cm³/mol. The third-order valence-corrected chi connectivity index (χ3v) is 6.59. The molecule has 2 aromatic heterocycles.